The van der Waals surface area contributed by atoms with Crippen LogP contribution in [0.1, 0.15) is 0 Å². The van der Waals surface area contributed by atoms with Gasteiger partial charge in [-0.1, -0.05) is 0 Å². The van der Waals surface area contributed by atoms with Gasteiger partial charge in [0, 0.05) is 162 Å². The predicted octanol–water partition coefficient (Wildman–Crippen LogP) is -4.22. The number of methoxy groups -OCH3 is 5. The average molecular weight is 1030 g/mol. The first-order chi connectivity index (χ1) is 21.5. The Labute approximate surface area is 378 Å². The third kappa shape index (κ3) is 95.1. The van der Waals surface area contributed by atoms with E-state index in [1.54, 1.807) is 0 Å². The summed E-state index contributed by atoms with van der Waals surface area (Å²) in [5, 5.41) is 75.7. The van der Waals surface area contributed by atoms with Crippen molar-refractivity contribution in [1.29, 1.82) is 0 Å². The van der Waals surface area contributed by atoms with Crippen molar-refractivity contribution in [1.82, 2.24) is 0 Å². The predicted molar refractivity (Wildman–Crippen MR) is 184 cm³/mol. The molecule has 1 aliphatic rings. The van der Waals surface area contributed by atoms with Crippen LogP contribution >= 0.6 is 38.3 Å². The summed E-state index contributed by atoms with van der Waals surface area (Å²) in [6.45, 7) is 2.80. The monoisotopic (exact) mass is 1030 g/mol. The van der Waals surface area contributed by atoms with Crippen LogP contribution in [0.3, 0.4) is 0 Å². The molecule has 0 aromatic rings. The third-order valence-corrected chi connectivity index (χ3v) is 4.27. The summed E-state index contributed by atoms with van der Waals surface area (Å²) in [5.74, 6) is 0. The normalized spacial score (nSPS) is 14.4. The van der Waals surface area contributed by atoms with Crippen LogP contribution in [0.5, 0.6) is 0 Å². The number of aliphatic hydroxyl groups excluding tert-OH is 8. The fraction of sp³-hybridized carbons (Fsp3) is 1.00. The van der Waals surface area contributed by atoms with Crippen LogP contribution in [0.4, 0.5) is 0 Å². The molecule has 3 radical (unpaired) electrons. The van der Waals surface area contributed by atoms with Gasteiger partial charge in [0.2, 0.25) is 0 Å². The second-order valence-corrected chi connectivity index (χ2v) is 9.05. The summed E-state index contributed by atoms with van der Waals surface area (Å²) in [7, 11) is 14.5. The molecular formula is C24H65O18P4Y3-. The van der Waals surface area contributed by atoms with Crippen molar-refractivity contribution in [3.05, 3.63) is 0 Å². The molecule has 1 aliphatic heterocycles. The van der Waals surface area contributed by atoms with Gasteiger partial charge < -0.3 is 88.0 Å². The molecule has 0 saturated carbocycles. The fourth-order valence-corrected chi connectivity index (χ4v) is 2.37. The van der Waals surface area contributed by atoms with Crippen molar-refractivity contribution < 1.29 is 186 Å². The fourth-order valence-electron chi connectivity index (χ4n) is 1.71. The molecule has 0 aliphatic carbocycles. The van der Waals surface area contributed by atoms with Gasteiger partial charge in [0.25, 0.3) is 0 Å². The first-order valence-corrected chi connectivity index (χ1v) is 14.5. The summed E-state index contributed by atoms with van der Waals surface area (Å²) in [4.78, 5) is 0. The summed E-state index contributed by atoms with van der Waals surface area (Å²) in [5.41, 5.74) is 0. The van der Waals surface area contributed by atoms with E-state index in [1.807, 2.05) is 0 Å². The maximum absolute atomic E-state index is 8.79. The van der Waals surface area contributed by atoms with Crippen molar-refractivity contribution in [2.75, 3.05) is 122 Å². The zero-order chi connectivity index (χ0) is 36.3. The van der Waals surface area contributed by atoms with Crippen LogP contribution in [-0.2, 0) is 140 Å². The number of epoxide rings is 1. The van der Waals surface area contributed by atoms with E-state index in [0.29, 0.717) is 32.5 Å². The Hall–Kier alpha value is 4.31. The van der Waals surface area contributed by atoms with Crippen LogP contribution in [0, 0.1) is 0 Å². The summed E-state index contributed by atoms with van der Waals surface area (Å²) < 4.78 is 41.2. The molecule has 0 amide bonds. The van der Waals surface area contributed by atoms with Crippen molar-refractivity contribution in [2.24, 2.45) is 0 Å². The maximum Gasteiger partial charge on any atom is 0.105 e. The van der Waals surface area contributed by atoms with E-state index in [9.17, 15) is 0 Å². The Kier molecular flexibility index (Phi) is 117. The van der Waals surface area contributed by atoms with Crippen LogP contribution in [-0.4, -0.2) is 199 Å². The minimum atomic E-state index is -0.718. The van der Waals surface area contributed by atoms with Crippen LogP contribution < -0.4 is 5.11 Å². The van der Waals surface area contributed by atoms with Crippen molar-refractivity contribution in [3.8, 4) is 0 Å². The Morgan fingerprint density at radius 3 is 0.857 bits per heavy atom. The van der Waals surface area contributed by atoms with E-state index in [4.69, 9.17) is 50.7 Å². The van der Waals surface area contributed by atoms with Crippen LogP contribution in [0.25, 0.3) is 0 Å². The number of ether oxygens (including phenoxy) is 6. The van der Waals surface area contributed by atoms with Crippen molar-refractivity contribution in [2.45, 2.75) is 36.6 Å². The molecule has 10 unspecified atom stereocenters. The molecule has 18 nitrogen and oxygen atoms in total. The minimum Gasteiger partial charge on any atom is -0.857 e. The van der Waals surface area contributed by atoms with Crippen molar-refractivity contribution in [3.63, 3.8) is 0 Å². The first-order valence-electron chi connectivity index (χ1n) is 13.1. The molecule has 1 fully saturated rings. The SMILES string of the molecule is COCC(O)CO.COCC(O)CO.COCC(O)CO.COCC(O)COP.COCC(O)COP.C[O-].P.POCC1CO1.[Y].[Y].[Y]. The van der Waals surface area contributed by atoms with Gasteiger partial charge in [0.15, 0.2) is 0 Å². The molecule has 0 bridgehead atoms. The zero-order valence-electron chi connectivity index (χ0n) is 29.8. The van der Waals surface area contributed by atoms with E-state index in [1.165, 1.54) is 35.5 Å². The standard InChI is InChI=1S/2C4H11O3P.3C4H10O3.C3H7O2P.CH3O.H3P.3Y/c2*1-6-2-4(5)3-7-8;3*1-7-3-4(6)2-5;6-5-2-3-1-4-3;1-2;;;;/h2*4-5H,2-3,8H2,1H3;3*4-6H,2-3H2,1H3;3H,1-2,6H2;1H3;1H3;;;/q;;;;;;-1;;;;. The molecule has 1 saturated heterocycles. The van der Waals surface area contributed by atoms with Gasteiger partial charge in [0.05, 0.1) is 79.3 Å². The Morgan fingerprint density at radius 2 is 0.755 bits per heavy atom. The maximum atomic E-state index is 8.79. The minimum absolute atomic E-state index is 0. The molecule has 10 atom stereocenters. The first kappa shape index (κ1) is 77.8. The quantitative estimate of drug-likeness (QED) is 0.0450. The third-order valence-electron chi connectivity index (χ3n) is 3.69. The van der Waals surface area contributed by atoms with E-state index in [0.717, 1.165) is 20.3 Å². The summed E-state index contributed by atoms with van der Waals surface area (Å²) in [6, 6.07) is 0. The molecule has 49 heavy (non-hydrogen) atoms. The molecule has 0 aromatic heterocycles. The number of hydrogen-bond donors (Lipinski definition) is 8. The Morgan fingerprint density at radius 1 is 0.531 bits per heavy atom. The molecular weight excluding hydrogens is 967 g/mol. The second kappa shape index (κ2) is 73.4. The number of rotatable bonds is 19. The second-order valence-electron chi connectivity index (χ2n) is 8.05. The molecule has 299 valence electrons. The van der Waals surface area contributed by atoms with E-state index >= 15 is 0 Å². The van der Waals surface area contributed by atoms with E-state index < -0.39 is 30.5 Å². The average Bonchev–Trinajstić information content (AvgIpc) is 3.85. The van der Waals surface area contributed by atoms with Gasteiger partial charge in [-0.15, -0.1) is 0 Å². The molecule has 1 rings (SSSR count). The van der Waals surface area contributed by atoms with Crippen molar-refractivity contribution >= 4 is 38.3 Å². The molecule has 1 heterocycles. The Bertz CT molecular complexity index is 431. The Balaban J connectivity index is -0.0000000454. The van der Waals surface area contributed by atoms with Gasteiger partial charge in [-0.05, 0) is 0 Å². The molecule has 25 heteroatoms. The topological polar surface area (TPSA) is 271 Å². The van der Waals surface area contributed by atoms with Gasteiger partial charge in [-0.25, -0.2) is 0 Å². The smallest absolute Gasteiger partial charge is 0.105 e. The zero-order valence-corrected chi connectivity index (χ0v) is 43.2. The van der Waals surface area contributed by atoms with Crippen LogP contribution in [0.15, 0.2) is 0 Å². The van der Waals surface area contributed by atoms with Gasteiger partial charge in [-0.3, -0.25) is 0 Å². The summed E-state index contributed by atoms with van der Waals surface area (Å²) >= 11 is 0. The van der Waals surface area contributed by atoms with E-state index in [-0.39, 0.29) is 148 Å². The molecule has 0 spiro atoms. The molecule has 0 aromatic carbocycles. The summed E-state index contributed by atoms with van der Waals surface area (Å²) in [6.07, 6.45) is -2.75. The van der Waals surface area contributed by atoms with Gasteiger partial charge in [0.1, 0.15) is 36.6 Å². The van der Waals surface area contributed by atoms with Crippen LogP contribution in [0.2, 0.25) is 0 Å². The number of aliphatic hydroxyl groups is 8. The largest absolute Gasteiger partial charge is 0.857 e. The number of hydrogen-bond acceptors (Lipinski definition) is 18. The molecule has 8 N–H and O–H groups in total. The van der Waals surface area contributed by atoms with Gasteiger partial charge >= 0.3 is 0 Å². The van der Waals surface area contributed by atoms with E-state index in [2.05, 4.69) is 65.7 Å². The van der Waals surface area contributed by atoms with Gasteiger partial charge in [-0.2, -0.15) is 17.0 Å².